The highest BCUT2D eigenvalue weighted by molar-refractivity contribution is 5.91. The lowest BCUT2D eigenvalue weighted by molar-refractivity contribution is 0.0734. The van der Waals surface area contributed by atoms with Crippen LogP contribution in [0.3, 0.4) is 0 Å². The van der Waals surface area contributed by atoms with Crippen LogP contribution in [0, 0.1) is 11.3 Å². The molecule has 0 saturated carbocycles. The van der Waals surface area contributed by atoms with Crippen molar-refractivity contribution in [3.63, 3.8) is 0 Å². The Hall–Kier alpha value is -3.06. The van der Waals surface area contributed by atoms with Crippen molar-refractivity contribution in [3.05, 3.63) is 72.3 Å². The van der Waals surface area contributed by atoms with E-state index in [0.29, 0.717) is 29.2 Å². The predicted octanol–water partition coefficient (Wildman–Crippen LogP) is 3.34. The third-order valence-corrected chi connectivity index (χ3v) is 2.65. The molecule has 0 saturated heterocycles. The van der Waals surface area contributed by atoms with E-state index in [1.807, 2.05) is 6.07 Å². The summed E-state index contributed by atoms with van der Waals surface area (Å²) in [5.74, 6) is 0.627. The van der Waals surface area contributed by atoms with Gasteiger partial charge in [0.15, 0.2) is 0 Å². The highest BCUT2D eigenvalue weighted by Crippen LogP contribution is 2.18. The Morgan fingerprint density at radius 1 is 1.10 bits per heavy atom. The second-order valence-corrected chi connectivity index (χ2v) is 4.15. The number of rotatable bonds is 5. The van der Waals surface area contributed by atoms with Gasteiger partial charge in [-0.25, -0.2) is 4.79 Å². The Morgan fingerprint density at radius 3 is 2.29 bits per heavy atom. The van der Waals surface area contributed by atoms with Crippen LogP contribution in [0.1, 0.15) is 15.9 Å². The summed E-state index contributed by atoms with van der Waals surface area (Å²) >= 11 is 0. The summed E-state index contributed by atoms with van der Waals surface area (Å²) in [6.45, 7) is 3.99. The molecular formula is C17H13NO3. The molecule has 0 unspecified atom stereocenters. The zero-order valence-corrected chi connectivity index (χ0v) is 11.3. The fourth-order valence-corrected chi connectivity index (χ4v) is 1.61. The molecule has 4 heteroatoms. The molecule has 0 aliphatic heterocycles. The summed E-state index contributed by atoms with van der Waals surface area (Å²) in [6, 6.07) is 15.0. The number of nitriles is 1. The van der Waals surface area contributed by atoms with Crippen molar-refractivity contribution in [2.45, 2.75) is 0 Å². The molecule has 0 bridgehead atoms. The van der Waals surface area contributed by atoms with Gasteiger partial charge in [0.2, 0.25) is 0 Å². The average Bonchev–Trinajstić information content (AvgIpc) is 2.54. The van der Waals surface area contributed by atoms with Gasteiger partial charge in [-0.3, -0.25) is 0 Å². The van der Waals surface area contributed by atoms with Gasteiger partial charge in [0.25, 0.3) is 0 Å². The predicted molar refractivity (Wildman–Crippen MR) is 78.2 cm³/mol. The molecule has 0 heterocycles. The van der Waals surface area contributed by atoms with E-state index in [1.165, 1.54) is 0 Å². The standard InChI is InChI=1S/C17H13NO3/c1-2-11-20-15-7-9-16(10-8-15)21-17(19)14-5-3-13(12-18)4-6-14/h2-10H,1,11H2. The summed E-state index contributed by atoms with van der Waals surface area (Å²) in [6.07, 6.45) is 1.65. The molecule has 0 aliphatic rings. The summed E-state index contributed by atoms with van der Waals surface area (Å²) < 4.78 is 10.6. The van der Waals surface area contributed by atoms with E-state index in [2.05, 4.69) is 6.58 Å². The molecule has 0 spiro atoms. The monoisotopic (exact) mass is 279 g/mol. The lowest BCUT2D eigenvalue weighted by Crippen LogP contribution is -2.08. The largest absolute Gasteiger partial charge is 0.490 e. The Labute approximate surface area is 122 Å². The SMILES string of the molecule is C=CCOc1ccc(OC(=O)c2ccc(C#N)cc2)cc1. The zero-order valence-electron chi connectivity index (χ0n) is 11.3. The first-order chi connectivity index (χ1) is 10.2. The number of carbonyl (C=O) groups excluding carboxylic acids is 1. The van der Waals surface area contributed by atoms with Crippen LogP contribution in [0.2, 0.25) is 0 Å². The van der Waals surface area contributed by atoms with Crippen molar-refractivity contribution >= 4 is 5.97 Å². The van der Waals surface area contributed by atoms with Crippen molar-refractivity contribution in [3.8, 4) is 17.6 Å². The van der Waals surface area contributed by atoms with Crippen LogP contribution >= 0.6 is 0 Å². The van der Waals surface area contributed by atoms with Crippen molar-refractivity contribution in [1.29, 1.82) is 5.26 Å². The Morgan fingerprint density at radius 2 is 1.71 bits per heavy atom. The minimum Gasteiger partial charge on any atom is -0.490 e. The van der Waals surface area contributed by atoms with E-state index in [9.17, 15) is 4.79 Å². The van der Waals surface area contributed by atoms with Gasteiger partial charge in [-0.15, -0.1) is 0 Å². The summed E-state index contributed by atoms with van der Waals surface area (Å²) in [5, 5.41) is 8.71. The third kappa shape index (κ3) is 3.95. The second kappa shape index (κ2) is 6.92. The van der Waals surface area contributed by atoms with Crippen LogP contribution in [-0.2, 0) is 0 Å². The number of hydrogen-bond acceptors (Lipinski definition) is 4. The molecular weight excluding hydrogens is 266 g/mol. The van der Waals surface area contributed by atoms with Gasteiger partial charge in [-0.2, -0.15) is 5.26 Å². The molecule has 0 aliphatic carbocycles. The van der Waals surface area contributed by atoms with Crippen molar-refractivity contribution in [2.24, 2.45) is 0 Å². The zero-order chi connectivity index (χ0) is 15.1. The molecule has 0 radical (unpaired) electrons. The molecule has 2 aromatic rings. The number of carbonyl (C=O) groups is 1. The Balaban J connectivity index is 2.01. The molecule has 0 atom stereocenters. The van der Waals surface area contributed by atoms with E-state index in [0.717, 1.165) is 0 Å². The minimum absolute atomic E-state index is 0.390. The normalized spacial score (nSPS) is 9.48. The van der Waals surface area contributed by atoms with Gasteiger partial charge in [0.1, 0.15) is 18.1 Å². The first-order valence-corrected chi connectivity index (χ1v) is 6.29. The highest BCUT2D eigenvalue weighted by Gasteiger charge is 2.08. The van der Waals surface area contributed by atoms with Gasteiger partial charge < -0.3 is 9.47 Å². The maximum absolute atomic E-state index is 11.9. The maximum atomic E-state index is 11.9. The van der Waals surface area contributed by atoms with E-state index in [1.54, 1.807) is 54.6 Å². The molecule has 0 amide bonds. The van der Waals surface area contributed by atoms with Gasteiger partial charge in [0, 0.05) is 0 Å². The van der Waals surface area contributed by atoms with Crippen LogP contribution in [0.5, 0.6) is 11.5 Å². The second-order valence-electron chi connectivity index (χ2n) is 4.15. The summed E-state index contributed by atoms with van der Waals surface area (Å²) in [4.78, 5) is 11.9. The fraction of sp³-hybridized carbons (Fsp3) is 0.0588. The Kier molecular flexibility index (Phi) is 4.73. The van der Waals surface area contributed by atoms with Gasteiger partial charge in [0.05, 0.1) is 17.2 Å². The summed E-state index contributed by atoms with van der Waals surface area (Å²) in [7, 11) is 0. The number of benzene rings is 2. The topological polar surface area (TPSA) is 59.3 Å². The number of ether oxygens (including phenoxy) is 2. The van der Waals surface area contributed by atoms with E-state index >= 15 is 0 Å². The Bertz CT molecular complexity index is 667. The molecule has 0 N–H and O–H groups in total. The minimum atomic E-state index is -0.473. The molecule has 2 rings (SSSR count). The third-order valence-electron chi connectivity index (χ3n) is 2.65. The molecule has 2 aromatic carbocycles. The van der Waals surface area contributed by atoms with Crippen LogP contribution in [0.25, 0.3) is 0 Å². The van der Waals surface area contributed by atoms with Crippen LogP contribution < -0.4 is 9.47 Å². The van der Waals surface area contributed by atoms with Crippen molar-refractivity contribution < 1.29 is 14.3 Å². The maximum Gasteiger partial charge on any atom is 0.343 e. The van der Waals surface area contributed by atoms with Gasteiger partial charge in [-0.1, -0.05) is 12.7 Å². The molecule has 0 aromatic heterocycles. The van der Waals surface area contributed by atoms with Crippen LogP contribution in [-0.4, -0.2) is 12.6 Å². The quantitative estimate of drug-likeness (QED) is 0.478. The van der Waals surface area contributed by atoms with Crippen molar-refractivity contribution in [2.75, 3.05) is 6.61 Å². The first kappa shape index (κ1) is 14.4. The van der Waals surface area contributed by atoms with E-state index in [-0.39, 0.29) is 0 Å². The summed E-state index contributed by atoms with van der Waals surface area (Å²) in [5.41, 5.74) is 0.885. The molecule has 0 fully saturated rings. The highest BCUT2D eigenvalue weighted by atomic mass is 16.5. The van der Waals surface area contributed by atoms with Gasteiger partial charge >= 0.3 is 5.97 Å². The van der Waals surface area contributed by atoms with E-state index in [4.69, 9.17) is 14.7 Å². The molecule has 104 valence electrons. The van der Waals surface area contributed by atoms with E-state index < -0.39 is 5.97 Å². The van der Waals surface area contributed by atoms with Crippen LogP contribution in [0.4, 0.5) is 0 Å². The number of hydrogen-bond donors (Lipinski definition) is 0. The number of esters is 1. The molecule has 21 heavy (non-hydrogen) atoms. The lowest BCUT2D eigenvalue weighted by Gasteiger charge is -2.06. The number of nitrogens with zero attached hydrogens (tertiary/aromatic N) is 1. The fourth-order valence-electron chi connectivity index (χ4n) is 1.61. The first-order valence-electron chi connectivity index (χ1n) is 6.29. The van der Waals surface area contributed by atoms with Gasteiger partial charge in [-0.05, 0) is 48.5 Å². The molecule has 4 nitrogen and oxygen atoms in total. The smallest absolute Gasteiger partial charge is 0.343 e. The lowest BCUT2D eigenvalue weighted by atomic mass is 10.1. The van der Waals surface area contributed by atoms with Crippen molar-refractivity contribution in [1.82, 2.24) is 0 Å². The average molecular weight is 279 g/mol. The van der Waals surface area contributed by atoms with Crippen LogP contribution in [0.15, 0.2) is 61.2 Å².